The summed E-state index contributed by atoms with van der Waals surface area (Å²) >= 11 is 0. The fourth-order valence-corrected chi connectivity index (χ4v) is 4.68. The minimum absolute atomic E-state index is 0.0352. The Hall–Kier alpha value is -2.86. The SMILES string of the molecule is COc1ccn2c(C(=O)N3C[C@H](c4ccccc4)[C@@H]4COCC[C@@H]43)cnc2c1. The lowest BCUT2D eigenvalue weighted by Gasteiger charge is -2.32. The Balaban J connectivity index is 1.49. The van der Waals surface area contributed by atoms with Gasteiger partial charge in [0.2, 0.25) is 0 Å². The van der Waals surface area contributed by atoms with Crippen LogP contribution in [0.1, 0.15) is 28.4 Å². The molecule has 0 spiro atoms. The van der Waals surface area contributed by atoms with Crippen molar-refractivity contribution < 1.29 is 14.3 Å². The summed E-state index contributed by atoms with van der Waals surface area (Å²) < 4.78 is 12.9. The first-order chi connectivity index (χ1) is 13.8. The van der Waals surface area contributed by atoms with Crippen LogP contribution in [0.25, 0.3) is 5.65 Å². The quantitative estimate of drug-likeness (QED) is 0.704. The molecule has 2 fully saturated rings. The van der Waals surface area contributed by atoms with E-state index in [0.717, 1.165) is 12.2 Å². The molecule has 1 amide bonds. The van der Waals surface area contributed by atoms with Gasteiger partial charge < -0.3 is 14.4 Å². The van der Waals surface area contributed by atoms with Crippen LogP contribution in [0.15, 0.2) is 54.9 Å². The summed E-state index contributed by atoms with van der Waals surface area (Å²) in [5, 5.41) is 0. The number of nitrogens with zero attached hydrogens (tertiary/aromatic N) is 3. The normalized spacial score (nSPS) is 24.3. The highest BCUT2D eigenvalue weighted by molar-refractivity contribution is 5.94. The summed E-state index contributed by atoms with van der Waals surface area (Å²) in [5.74, 6) is 1.40. The standard InChI is InChI=1S/C22H23N3O3/c1-27-16-7-9-24-20(12-23-21(24)11-16)22(26)25-13-17(15-5-3-2-4-6-15)18-14-28-10-8-19(18)25/h2-7,9,11-12,17-19H,8,10,13-14H2,1H3/t17-,18+,19+/m1/s1. The van der Waals surface area contributed by atoms with E-state index in [9.17, 15) is 4.79 Å². The van der Waals surface area contributed by atoms with Crippen LogP contribution < -0.4 is 4.74 Å². The van der Waals surface area contributed by atoms with Gasteiger partial charge in [-0.15, -0.1) is 0 Å². The molecule has 3 aromatic rings. The van der Waals surface area contributed by atoms with Crippen molar-refractivity contribution in [1.82, 2.24) is 14.3 Å². The molecule has 1 aromatic carbocycles. The predicted molar refractivity (Wildman–Crippen MR) is 105 cm³/mol. The van der Waals surface area contributed by atoms with Gasteiger partial charge in [0, 0.05) is 43.3 Å². The van der Waals surface area contributed by atoms with E-state index in [0.29, 0.717) is 42.9 Å². The van der Waals surface area contributed by atoms with E-state index in [-0.39, 0.29) is 11.9 Å². The zero-order valence-corrected chi connectivity index (χ0v) is 15.8. The van der Waals surface area contributed by atoms with Crippen LogP contribution in [0.5, 0.6) is 5.75 Å². The largest absolute Gasteiger partial charge is 0.497 e. The Bertz CT molecular complexity index is 1000. The average Bonchev–Trinajstić information content (AvgIpc) is 3.35. The number of rotatable bonds is 3. The molecule has 0 aliphatic carbocycles. The van der Waals surface area contributed by atoms with E-state index in [1.807, 2.05) is 33.7 Å². The fourth-order valence-electron chi connectivity index (χ4n) is 4.68. The Kier molecular flexibility index (Phi) is 4.28. The molecule has 0 bridgehead atoms. The van der Waals surface area contributed by atoms with Crippen molar-refractivity contribution in [3.8, 4) is 5.75 Å². The van der Waals surface area contributed by atoms with Gasteiger partial charge in [0.05, 0.1) is 19.9 Å². The van der Waals surface area contributed by atoms with Crippen molar-refractivity contribution >= 4 is 11.6 Å². The first kappa shape index (κ1) is 17.3. The molecule has 0 radical (unpaired) electrons. The molecule has 2 aliphatic heterocycles. The molecule has 3 atom stereocenters. The Morgan fingerprint density at radius 3 is 2.93 bits per heavy atom. The number of pyridine rings is 1. The van der Waals surface area contributed by atoms with Gasteiger partial charge >= 0.3 is 0 Å². The van der Waals surface area contributed by atoms with E-state index >= 15 is 0 Å². The highest BCUT2D eigenvalue weighted by Gasteiger charge is 2.46. The number of ether oxygens (including phenoxy) is 2. The van der Waals surface area contributed by atoms with Crippen LogP contribution in [-0.4, -0.2) is 53.1 Å². The van der Waals surface area contributed by atoms with Crippen LogP contribution in [0.2, 0.25) is 0 Å². The summed E-state index contributed by atoms with van der Waals surface area (Å²) in [7, 11) is 1.63. The Morgan fingerprint density at radius 1 is 1.25 bits per heavy atom. The average molecular weight is 377 g/mol. The summed E-state index contributed by atoms with van der Waals surface area (Å²) in [5.41, 5.74) is 2.59. The van der Waals surface area contributed by atoms with Gasteiger partial charge in [-0.05, 0) is 18.1 Å². The molecule has 2 saturated heterocycles. The van der Waals surface area contributed by atoms with E-state index in [2.05, 4.69) is 29.2 Å². The van der Waals surface area contributed by atoms with Crippen molar-refractivity contribution in [2.24, 2.45) is 5.92 Å². The molecular formula is C22H23N3O3. The molecule has 4 heterocycles. The van der Waals surface area contributed by atoms with Gasteiger partial charge in [-0.2, -0.15) is 0 Å². The number of amides is 1. The van der Waals surface area contributed by atoms with Crippen molar-refractivity contribution in [2.45, 2.75) is 18.4 Å². The molecule has 144 valence electrons. The minimum Gasteiger partial charge on any atom is -0.497 e. The van der Waals surface area contributed by atoms with Crippen molar-refractivity contribution in [1.29, 1.82) is 0 Å². The molecule has 0 N–H and O–H groups in total. The van der Waals surface area contributed by atoms with E-state index in [4.69, 9.17) is 9.47 Å². The molecule has 2 aromatic heterocycles. The third-order valence-electron chi connectivity index (χ3n) is 6.10. The van der Waals surface area contributed by atoms with Crippen molar-refractivity contribution in [3.05, 3.63) is 66.1 Å². The lowest BCUT2D eigenvalue weighted by Crippen LogP contribution is -2.42. The summed E-state index contributed by atoms with van der Waals surface area (Å²) in [4.78, 5) is 20.0. The maximum absolute atomic E-state index is 13.5. The lowest BCUT2D eigenvalue weighted by atomic mass is 9.84. The van der Waals surface area contributed by atoms with Gasteiger partial charge in [0.15, 0.2) is 0 Å². The molecule has 0 unspecified atom stereocenters. The monoisotopic (exact) mass is 377 g/mol. The minimum atomic E-state index is 0.0352. The molecule has 28 heavy (non-hydrogen) atoms. The van der Waals surface area contributed by atoms with Crippen LogP contribution in [0, 0.1) is 5.92 Å². The smallest absolute Gasteiger partial charge is 0.272 e. The molecule has 2 aliphatic rings. The van der Waals surface area contributed by atoms with Crippen LogP contribution in [0.4, 0.5) is 0 Å². The number of hydrogen-bond donors (Lipinski definition) is 0. The van der Waals surface area contributed by atoms with Gasteiger partial charge in [-0.3, -0.25) is 9.20 Å². The molecule has 6 heteroatoms. The van der Waals surface area contributed by atoms with Crippen LogP contribution >= 0.6 is 0 Å². The number of aromatic nitrogens is 2. The number of carbonyl (C=O) groups excluding carboxylic acids is 1. The second kappa shape index (κ2) is 6.95. The van der Waals surface area contributed by atoms with Gasteiger partial charge in [-0.1, -0.05) is 30.3 Å². The summed E-state index contributed by atoms with van der Waals surface area (Å²) in [6, 6.07) is 14.4. The topological polar surface area (TPSA) is 56.1 Å². The first-order valence-electron chi connectivity index (χ1n) is 9.71. The second-order valence-corrected chi connectivity index (χ2v) is 7.51. The first-order valence-corrected chi connectivity index (χ1v) is 9.71. The maximum Gasteiger partial charge on any atom is 0.272 e. The number of fused-ring (bicyclic) bond motifs is 2. The number of carbonyl (C=O) groups is 1. The molecule has 0 saturated carbocycles. The summed E-state index contributed by atoms with van der Waals surface area (Å²) in [6.07, 6.45) is 4.40. The van der Waals surface area contributed by atoms with E-state index in [1.165, 1.54) is 5.56 Å². The summed E-state index contributed by atoms with van der Waals surface area (Å²) in [6.45, 7) is 2.13. The number of likely N-dealkylation sites (tertiary alicyclic amines) is 1. The Morgan fingerprint density at radius 2 is 2.11 bits per heavy atom. The number of hydrogen-bond acceptors (Lipinski definition) is 4. The maximum atomic E-state index is 13.5. The van der Waals surface area contributed by atoms with Gasteiger partial charge in [0.1, 0.15) is 17.1 Å². The number of imidazole rings is 1. The predicted octanol–water partition coefficient (Wildman–Crippen LogP) is 2.99. The second-order valence-electron chi connectivity index (χ2n) is 7.51. The van der Waals surface area contributed by atoms with E-state index < -0.39 is 0 Å². The highest BCUT2D eigenvalue weighted by Crippen LogP contribution is 2.41. The number of methoxy groups -OCH3 is 1. The highest BCUT2D eigenvalue weighted by atomic mass is 16.5. The van der Waals surface area contributed by atoms with Crippen molar-refractivity contribution in [3.63, 3.8) is 0 Å². The molecule has 6 nitrogen and oxygen atoms in total. The molecule has 5 rings (SSSR count). The van der Waals surface area contributed by atoms with E-state index in [1.54, 1.807) is 13.3 Å². The third-order valence-corrected chi connectivity index (χ3v) is 6.10. The van der Waals surface area contributed by atoms with Crippen LogP contribution in [-0.2, 0) is 4.74 Å². The third kappa shape index (κ3) is 2.76. The Labute approximate surface area is 163 Å². The zero-order valence-electron chi connectivity index (χ0n) is 15.8. The van der Waals surface area contributed by atoms with Gasteiger partial charge in [-0.25, -0.2) is 4.98 Å². The van der Waals surface area contributed by atoms with Crippen molar-refractivity contribution in [2.75, 3.05) is 26.9 Å². The zero-order chi connectivity index (χ0) is 19.1. The lowest BCUT2D eigenvalue weighted by molar-refractivity contribution is 0.0186. The van der Waals surface area contributed by atoms with Gasteiger partial charge in [0.25, 0.3) is 5.91 Å². The molecular weight excluding hydrogens is 354 g/mol. The number of benzene rings is 1. The fraction of sp³-hybridized carbons (Fsp3) is 0.364. The van der Waals surface area contributed by atoms with Crippen LogP contribution in [0.3, 0.4) is 0 Å².